The molecule has 2 aromatic carbocycles. The fraction of sp³-hybridized carbons (Fsp3) is 0.333. The first kappa shape index (κ1) is 18.7. The summed E-state index contributed by atoms with van der Waals surface area (Å²) in [4.78, 5) is 24.8. The number of esters is 2. The van der Waals surface area contributed by atoms with Crippen molar-refractivity contribution in [2.45, 2.75) is 37.5 Å². The molecule has 2 rings (SSSR count). The second kappa shape index (κ2) is 7.49. The summed E-state index contributed by atoms with van der Waals surface area (Å²) in [7, 11) is 0. The van der Waals surface area contributed by atoms with Crippen molar-refractivity contribution < 1.29 is 19.1 Å². The molecular weight excluding hydrogens is 344 g/mol. The van der Waals surface area contributed by atoms with Gasteiger partial charge in [0.15, 0.2) is 11.5 Å². The molecule has 0 aliphatic heterocycles. The maximum atomic E-state index is 11.6. The van der Waals surface area contributed by atoms with Gasteiger partial charge < -0.3 is 9.47 Å². The average Bonchev–Trinajstić information content (AvgIpc) is 2.50. The van der Waals surface area contributed by atoms with E-state index in [2.05, 4.69) is 0 Å². The van der Waals surface area contributed by atoms with Crippen LogP contribution in [-0.2, 0) is 9.59 Å². The molecule has 0 heterocycles. The van der Waals surface area contributed by atoms with Crippen LogP contribution in [0.25, 0.3) is 10.8 Å². The number of hydrogen-bond acceptors (Lipinski definition) is 6. The van der Waals surface area contributed by atoms with Crippen molar-refractivity contribution in [3.05, 3.63) is 23.3 Å². The SMILES string of the molecule is CSc1c(SC)c(OC(C)=O)c2cc(C)c(C)cc2c1OC(C)=O. The molecule has 0 fully saturated rings. The van der Waals surface area contributed by atoms with Crippen LogP contribution in [0.1, 0.15) is 25.0 Å². The van der Waals surface area contributed by atoms with Gasteiger partial charge >= 0.3 is 11.9 Å². The van der Waals surface area contributed by atoms with Crippen molar-refractivity contribution in [3.63, 3.8) is 0 Å². The van der Waals surface area contributed by atoms with Crippen molar-refractivity contribution in [1.82, 2.24) is 0 Å². The zero-order chi connectivity index (χ0) is 18.0. The molecule has 24 heavy (non-hydrogen) atoms. The Morgan fingerprint density at radius 2 is 1.12 bits per heavy atom. The molecule has 0 N–H and O–H groups in total. The molecule has 128 valence electrons. The lowest BCUT2D eigenvalue weighted by Crippen LogP contribution is -2.08. The number of carbonyl (C=O) groups is 2. The highest BCUT2D eigenvalue weighted by molar-refractivity contribution is 8.01. The van der Waals surface area contributed by atoms with Gasteiger partial charge in [-0.2, -0.15) is 0 Å². The molecule has 0 bridgehead atoms. The molecule has 0 saturated heterocycles. The first-order valence-corrected chi connectivity index (χ1v) is 9.80. The van der Waals surface area contributed by atoms with Crippen LogP contribution in [0, 0.1) is 13.8 Å². The van der Waals surface area contributed by atoms with E-state index in [4.69, 9.17) is 9.47 Å². The van der Waals surface area contributed by atoms with Gasteiger partial charge in [-0.15, -0.1) is 23.5 Å². The highest BCUT2D eigenvalue weighted by Gasteiger charge is 2.23. The van der Waals surface area contributed by atoms with Crippen LogP contribution >= 0.6 is 23.5 Å². The third-order valence-electron chi connectivity index (χ3n) is 3.64. The molecule has 0 atom stereocenters. The van der Waals surface area contributed by atoms with Crippen LogP contribution in [0.15, 0.2) is 21.9 Å². The number of benzene rings is 2. The van der Waals surface area contributed by atoms with Crippen molar-refractivity contribution in [3.8, 4) is 11.5 Å². The standard InChI is InChI=1S/C18H20O4S2/c1-9-7-13-14(8-10(9)2)16(22-12(4)20)18(24-6)17(23-5)15(13)21-11(3)19/h7-8H,1-6H3. The monoisotopic (exact) mass is 364 g/mol. The Balaban J connectivity index is 3.00. The number of thioether (sulfide) groups is 2. The van der Waals surface area contributed by atoms with Gasteiger partial charge in [0, 0.05) is 24.6 Å². The summed E-state index contributed by atoms with van der Waals surface area (Å²) in [5.41, 5.74) is 2.15. The van der Waals surface area contributed by atoms with Crippen LogP contribution < -0.4 is 9.47 Å². The van der Waals surface area contributed by atoms with Gasteiger partial charge in [0.05, 0.1) is 9.79 Å². The molecule has 0 aliphatic rings. The van der Waals surface area contributed by atoms with E-state index in [1.807, 2.05) is 38.5 Å². The van der Waals surface area contributed by atoms with E-state index in [9.17, 15) is 9.59 Å². The number of hydrogen-bond donors (Lipinski definition) is 0. The molecule has 4 nitrogen and oxygen atoms in total. The van der Waals surface area contributed by atoms with Gasteiger partial charge in [-0.25, -0.2) is 0 Å². The van der Waals surface area contributed by atoms with Gasteiger partial charge in [-0.3, -0.25) is 9.59 Å². The third kappa shape index (κ3) is 3.54. The molecule has 0 saturated carbocycles. The lowest BCUT2D eigenvalue weighted by molar-refractivity contribution is -0.133. The van der Waals surface area contributed by atoms with E-state index in [-0.39, 0.29) is 11.9 Å². The Labute approximate surface area is 150 Å². The summed E-state index contributed by atoms with van der Waals surface area (Å²) in [5.74, 6) is 0.288. The fourth-order valence-corrected chi connectivity index (χ4v) is 4.23. The number of fused-ring (bicyclic) bond motifs is 1. The summed E-state index contributed by atoms with van der Waals surface area (Å²) in [6.45, 7) is 6.77. The quantitative estimate of drug-likeness (QED) is 0.443. The van der Waals surface area contributed by atoms with Gasteiger partial charge in [0.1, 0.15) is 0 Å². The lowest BCUT2D eigenvalue weighted by atomic mass is 10.0. The van der Waals surface area contributed by atoms with Gasteiger partial charge in [-0.1, -0.05) is 0 Å². The van der Waals surface area contributed by atoms with Crippen LogP contribution in [0.3, 0.4) is 0 Å². The number of carbonyl (C=O) groups excluding carboxylic acids is 2. The Kier molecular flexibility index (Phi) is 5.83. The van der Waals surface area contributed by atoms with E-state index in [0.717, 1.165) is 31.7 Å². The van der Waals surface area contributed by atoms with Crippen molar-refractivity contribution >= 4 is 46.2 Å². The minimum atomic E-state index is -0.378. The second-order valence-electron chi connectivity index (χ2n) is 5.39. The highest BCUT2D eigenvalue weighted by atomic mass is 32.2. The average molecular weight is 364 g/mol. The Morgan fingerprint density at radius 1 is 0.792 bits per heavy atom. The molecule has 0 unspecified atom stereocenters. The predicted molar refractivity (Wildman–Crippen MR) is 99.6 cm³/mol. The molecular formula is C18H20O4S2. The summed E-state index contributed by atoms with van der Waals surface area (Å²) >= 11 is 2.93. The van der Waals surface area contributed by atoms with Crippen LogP contribution in [0.5, 0.6) is 11.5 Å². The predicted octanol–water partition coefficient (Wildman–Crippen LogP) is 4.75. The molecule has 0 aliphatic carbocycles. The maximum absolute atomic E-state index is 11.6. The van der Waals surface area contributed by atoms with Gasteiger partial charge in [-0.05, 0) is 49.6 Å². The van der Waals surface area contributed by atoms with Crippen molar-refractivity contribution in [2.24, 2.45) is 0 Å². The summed E-state index contributed by atoms with van der Waals surface area (Å²) in [6, 6.07) is 3.94. The Hall–Kier alpha value is -1.66. The molecule has 0 spiro atoms. The number of rotatable bonds is 4. The maximum Gasteiger partial charge on any atom is 0.308 e. The molecule has 6 heteroatoms. The summed E-state index contributed by atoms with van der Waals surface area (Å²) < 4.78 is 11.1. The molecule has 0 radical (unpaired) electrons. The van der Waals surface area contributed by atoms with Crippen molar-refractivity contribution in [2.75, 3.05) is 12.5 Å². The minimum absolute atomic E-state index is 0.378. The Bertz CT molecular complexity index is 759. The van der Waals surface area contributed by atoms with E-state index >= 15 is 0 Å². The van der Waals surface area contributed by atoms with Crippen LogP contribution in [0.4, 0.5) is 0 Å². The zero-order valence-corrected chi connectivity index (χ0v) is 16.2. The minimum Gasteiger partial charge on any atom is -0.425 e. The second-order valence-corrected chi connectivity index (χ2v) is 7.03. The first-order chi connectivity index (χ1) is 11.3. The topological polar surface area (TPSA) is 52.6 Å². The third-order valence-corrected chi connectivity index (χ3v) is 5.37. The molecule has 0 amide bonds. The normalized spacial score (nSPS) is 10.8. The number of ether oxygens (including phenoxy) is 2. The smallest absolute Gasteiger partial charge is 0.308 e. The van der Waals surface area contributed by atoms with E-state index in [0.29, 0.717) is 11.5 Å². The summed E-state index contributed by atoms with van der Waals surface area (Å²) in [6.07, 6.45) is 3.82. The van der Waals surface area contributed by atoms with E-state index in [1.165, 1.54) is 37.4 Å². The summed E-state index contributed by atoms with van der Waals surface area (Å²) in [5, 5.41) is 1.54. The van der Waals surface area contributed by atoms with E-state index in [1.54, 1.807) is 0 Å². The highest BCUT2D eigenvalue weighted by Crippen LogP contribution is 2.49. The van der Waals surface area contributed by atoms with Crippen LogP contribution in [0.2, 0.25) is 0 Å². The molecule has 0 aromatic heterocycles. The first-order valence-electron chi connectivity index (χ1n) is 7.35. The Morgan fingerprint density at radius 3 is 1.38 bits per heavy atom. The fourth-order valence-electron chi connectivity index (χ4n) is 2.50. The van der Waals surface area contributed by atoms with Gasteiger partial charge in [0.2, 0.25) is 0 Å². The van der Waals surface area contributed by atoms with E-state index < -0.39 is 0 Å². The van der Waals surface area contributed by atoms with Crippen LogP contribution in [-0.4, -0.2) is 24.5 Å². The number of aryl methyl sites for hydroxylation is 2. The largest absolute Gasteiger partial charge is 0.425 e. The zero-order valence-electron chi connectivity index (χ0n) is 14.6. The van der Waals surface area contributed by atoms with Gasteiger partial charge in [0.25, 0.3) is 0 Å². The molecule has 2 aromatic rings. The lowest BCUT2D eigenvalue weighted by Gasteiger charge is -2.19. The van der Waals surface area contributed by atoms with Crippen molar-refractivity contribution in [1.29, 1.82) is 0 Å².